The summed E-state index contributed by atoms with van der Waals surface area (Å²) in [5.74, 6) is -10.3. The minimum Gasteiger partial charge on any atom is -0.381 e. The Labute approximate surface area is 643 Å². The van der Waals surface area contributed by atoms with E-state index in [0.717, 1.165) is 43.4 Å². The van der Waals surface area contributed by atoms with Gasteiger partial charge in [0.2, 0.25) is 70.9 Å². The van der Waals surface area contributed by atoms with E-state index in [9.17, 15) is 18.0 Å². The van der Waals surface area contributed by atoms with E-state index in [-0.39, 0.29) is 122 Å². The summed E-state index contributed by atoms with van der Waals surface area (Å²) in [5.41, 5.74) is -1.55. The van der Waals surface area contributed by atoms with E-state index in [1.54, 1.807) is 13.8 Å². The molecule has 7 fully saturated rings. The molecule has 30 heteroatoms. The smallest absolute Gasteiger partial charge is 0.381 e. The van der Waals surface area contributed by atoms with Crippen molar-refractivity contribution in [2.45, 2.75) is 273 Å². The lowest BCUT2D eigenvalue weighted by molar-refractivity contribution is -0.215. The number of nitrogens with one attached hydrogen (secondary N) is 2. The van der Waals surface area contributed by atoms with Gasteiger partial charge in [0.25, 0.3) is 0 Å². The van der Waals surface area contributed by atoms with E-state index in [4.69, 9.17) is 14.2 Å². The van der Waals surface area contributed by atoms with Crippen LogP contribution in [0.15, 0.2) is 12.2 Å². The summed E-state index contributed by atoms with van der Waals surface area (Å²) in [6, 6.07) is -11.4. The van der Waals surface area contributed by atoms with Gasteiger partial charge in [-0.25, -0.2) is 0 Å². The Morgan fingerprint density at radius 1 is 0.670 bits per heavy atom. The van der Waals surface area contributed by atoms with Crippen molar-refractivity contribution in [3.63, 3.8) is 0 Å². The number of halogens is 3. The van der Waals surface area contributed by atoms with Crippen LogP contribution in [0.25, 0.3) is 0 Å². The molecule has 614 valence electrons. The molecule has 4 saturated carbocycles. The average molecular weight is 1540 g/mol. The molecule has 4 aliphatic carbocycles. The molecule has 27 nitrogen and oxygen atoms in total. The maximum absolute atomic E-state index is 15.8. The van der Waals surface area contributed by atoms with Crippen LogP contribution in [0.2, 0.25) is 0 Å². The predicted octanol–water partition coefficient (Wildman–Crippen LogP) is 5.79. The standard InChI is InChI=1S/C79H127F3N12O15/c1-15-41-108-48-62-68(97)84-66(50(5)16-2)75(104)92-40-23-28-58(92)72(101)88(10)57-27-19-18-22-39-93(74(57)103)60(42-51-31-29-49(4)30-32-51)71(100)86(8)47-64(95)83-56(36-34-52-33-35-55(79(80,81)82)63(43-52)107-14)69(98)94-46-54(109-17-3)44-61(94)73(102)91(13)78(37-24-38-78)77(106)90(12)67(53-25-20-21-26-53)76(105)89(11)59(70(99)85(6)7)45-65(96)87(62)9/h18-19,49-63,66-67H,15-17,20-48H2,1-14H3,(H,83,95)(H,84,97)/b19-18-/t49?,50-,51?,52?,54+,55?,56-,57-,58-,59-,60-,61-,62-,63?,66-,67-/m0/s1. The first-order valence-corrected chi connectivity index (χ1v) is 40.4. The number of fused-ring (bicyclic) bond motifs is 4. The minimum absolute atomic E-state index is 0.00667. The van der Waals surface area contributed by atoms with E-state index >= 15 is 52.7 Å². The highest BCUT2D eigenvalue weighted by atomic mass is 19.4. The molecule has 14 atom stereocenters. The second-order valence-corrected chi connectivity index (χ2v) is 32.9. The highest BCUT2D eigenvalue weighted by Crippen LogP contribution is 2.45. The van der Waals surface area contributed by atoms with E-state index in [2.05, 4.69) is 17.6 Å². The number of hydrogen-bond donors (Lipinski definition) is 2. The van der Waals surface area contributed by atoms with Crippen molar-refractivity contribution in [3.8, 4) is 0 Å². The molecule has 4 heterocycles. The zero-order valence-corrected chi connectivity index (χ0v) is 67.3. The largest absolute Gasteiger partial charge is 0.394 e. The van der Waals surface area contributed by atoms with E-state index in [0.29, 0.717) is 50.9 Å². The molecular weight excluding hydrogens is 1410 g/mol. The van der Waals surface area contributed by atoms with Gasteiger partial charge in [0.1, 0.15) is 59.9 Å². The van der Waals surface area contributed by atoms with Crippen LogP contribution in [-0.2, 0) is 71.7 Å². The van der Waals surface area contributed by atoms with Gasteiger partial charge in [0.15, 0.2) is 0 Å². The molecule has 0 aromatic rings. The van der Waals surface area contributed by atoms with Gasteiger partial charge in [-0.05, 0) is 139 Å². The fourth-order valence-corrected chi connectivity index (χ4v) is 18.3. The first kappa shape index (κ1) is 87.6. The van der Waals surface area contributed by atoms with Crippen LogP contribution in [0.4, 0.5) is 13.2 Å². The summed E-state index contributed by atoms with van der Waals surface area (Å²) in [7, 11) is 12.9. The van der Waals surface area contributed by atoms with Crippen molar-refractivity contribution >= 4 is 70.9 Å². The van der Waals surface area contributed by atoms with Gasteiger partial charge in [-0.15, -0.1) is 0 Å². The lowest BCUT2D eigenvalue weighted by Crippen LogP contribution is -2.68. The van der Waals surface area contributed by atoms with Crippen LogP contribution < -0.4 is 10.6 Å². The molecule has 8 aliphatic rings. The number of rotatable bonds is 16. The van der Waals surface area contributed by atoms with Crippen LogP contribution in [0, 0.1) is 35.5 Å². The minimum atomic E-state index is -4.52. The normalized spacial score (nSPS) is 32.2. The fraction of sp³-hybridized carbons (Fsp3) is 0.823. The second-order valence-electron chi connectivity index (χ2n) is 32.9. The summed E-state index contributed by atoms with van der Waals surface area (Å²) >= 11 is 0. The summed E-state index contributed by atoms with van der Waals surface area (Å²) < 4.78 is 60.7. The number of carbonyl (C=O) groups excluding carboxylic acids is 12. The van der Waals surface area contributed by atoms with Gasteiger partial charge in [-0.2, -0.15) is 13.2 Å². The zero-order valence-electron chi connectivity index (χ0n) is 67.3. The van der Waals surface area contributed by atoms with Crippen LogP contribution >= 0.6 is 0 Å². The molecular formula is C79H127F3N12O15. The first-order valence-electron chi connectivity index (χ1n) is 40.4. The van der Waals surface area contributed by atoms with E-state index < -0.39 is 180 Å². The lowest BCUT2D eigenvalue weighted by Gasteiger charge is -2.51. The molecule has 109 heavy (non-hydrogen) atoms. The number of likely N-dealkylation sites (N-methyl/N-ethyl adjacent to an activating group) is 7. The molecule has 0 radical (unpaired) electrons. The Morgan fingerprint density at radius 3 is 1.96 bits per heavy atom. The van der Waals surface area contributed by atoms with Crippen LogP contribution in [0.1, 0.15) is 195 Å². The Bertz CT molecular complexity index is 3230. The number of carbonyl (C=O) groups is 12. The highest BCUT2D eigenvalue weighted by Gasteiger charge is 2.57. The van der Waals surface area contributed by atoms with E-state index in [1.807, 2.05) is 26.0 Å². The number of amides is 12. The number of hydrogen-bond acceptors (Lipinski definition) is 15. The Morgan fingerprint density at radius 2 is 1.35 bits per heavy atom. The molecule has 0 aromatic carbocycles. The van der Waals surface area contributed by atoms with Crippen molar-refractivity contribution in [2.24, 2.45) is 35.5 Å². The van der Waals surface area contributed by atoms with Crippen LogP contribution in [-0.4, -0.2) is 308 Å². The van der Waals surface area contributed by atoms with Gasteiger partial charge in [-0.3, -0.25) is 57.5 Å². The van der Waals surface area contributed by atoms with Crippen molar-refractivity contribution < 1.29 is 84.9 Å². The van der Waals surface area contributed by atoms with E-state index in [1.165, 1.54) is 108 Å². The molecule has 2 bridgehead atoms. The Balaban J connectivity index is 1.22. The third-order valence-corrected chi connectivity index (χ3v) is 25.6. The van der Waals surface area contributed by atoms with Crippen molar-refractivity contribution in [3.05, 3.63) is 12.2 Å². The molecule has 1 spiro atoms. The van der Waals surface area contributed by atoms with Crippen LogP contribution in [0.5, 0.6) is 0 Å². The third kappa shape index (κ3) is 20.5. The monoisotopic (exact) mass is 1540 g/mol. The average Bonchev–Trinajstić information content (AvgIpc) is 1.63. The number of alkyl halides is 3. The van der Waals surface area contributed by atoms with Gasteiger partial charge < -0.3 is 73.8 Å². The molecule has 4 aliphatic heterocycles. The Hall–Kier alpha value is -6.95. The predicted molar refractivity (Wildman–Crippen MR) is 400 cm³/mol. The Kier molecular flexibility index (Phi) is 31.4. The molecule has 12 amide bonds. The molecule has 3 saturated heterocycles. The van der Waals surface area contributed by atoms with Gasteiger partial charge in [-0.1, -0.05) is 84.8 Å². The maximum Gasteiger partial charge on any atom is 0.394 e. The lowest BCUT2D eigenvalue weighted by atomic mass is 9.73. The van der Waals surface area contributed by atoms with Crippen LogP contribution in [0.3, 0.4) is 0 Å². The molecule has 2 N–H and O–H groups in total. The summed E-state index contributed by atoms with van der Waals surface area (Å²) in [6.45, 7) is 8.97. The molecule has 0 aromatic heterocycles. The fourth-order valence-electron chi connectivity index (χ4n) is 18.3. The third-order valence-electron chi connectivity index (χ3n) is 25.6. The zero-order chi connectivity index (χ0) is 80.1. The molecule has 3 unspecified atom stereocenters. The molecule has 8 rings (SSSR count). The second kappa shape index (κ2) is 39.0. The highest BCUT2D eigenvalue weighted by molar-refractivity contribution is 6.01. The van der Waals surface area contributed by atoms with Crippen molar-refractivity contribution in [2.75, 3.05) is 109 Å². The van der Waals surface area contributed by atoms with Gasteiger partial charge >= 0.3 is 6.18 Å². The summed E-state index contributed by atoms with van der Waals surface area (Å²) in [4.78, 5) is 198. The number of nitrogens with zero attached hydrogens (tertiary/aromatic N) is 10. The maximum atomic E-state index is 15.8. The van der Waals surface area contributed by atoms with Gasteiger partial charge in [0.05, 0.1) is 37.7 Å². The number of ether oxygens (including phenoxy) is 3. The SMILES string of the molecule is CCCOC[C@H]1C(=O)N[C@@H]([C@@H](C)CC)C(=O)N2CCC[C@H]2C(=O)N(C)[C@H]2C/C=C\CCN(C2=O)[C@@H](CC2CCC(C)CC2)C(=O)N(C)CC(=O)N[C@@H](CCC2CCC(C(F)(F)F)C(OC)C2)C(=O)N2C[C@H](OCC)C[C@H]2C(=O)N(C)C2(CCC2)C(=O)N(C)[C@@H](C2CCCC2)C(=O)N(C)[C@H](C(=O)N(C)C)CC(=O)N1C. The summed E-state index contributed by atoms with van der Waals surface area (Å²) in [6.07, 6.45) is 5.52. The quantitative estimate of drug-likeness (QED) is 0.137. The van der Waals surface area contributed by atoms with Crippen molar-refractivity contribution in [1.82, 2.24) is 59.6 Å². The van der Waals surface area contributed by atoms with Crippen molar-refractivity contribution in [1.29, 1.82) is 0 Å². The summed E-state index contributed by atoms with van der Waals surface area (Å²) in [5, 5.41) is 5.86. The number of methoxy groups -OCH3 is 1. The topological polar surface area (TPSA) is 289 Å². The van der Waals surface area contributed by atoms with Gasteiger partial charge in [0, 0.05) is 103 Å². The first-order chi connectivity index (χ1) is 51.7.